The quantitative estimate of drug-likeness (QED) is 0.405. The number of rotatable bonds is 5. The molecule has 2 aliphatic rings. The number of alkyl halides is 6. The van der Waals surface area contributed by atoms with Crippen LogP contribution in [0.2, 0.25) is 0 Å². The molecule has 0 saturated carbocycles. The van der Waals surface area contributed by atoms with E-state index in [0.29, 0.717) is 19.3 Å². The summed E-state index contributed by atoms with van der Waals surface area (Å²) in [6.45, 7) is 1.48. The number of ether oxygens (including phenoxy) is 1. The Morgan fingerprint density at radius 3 is 2.22 bits per heavy atom. The molecule has 2 aliphatic heterocycles. The first-order chi connectivity index (χ1) is 17.0. The first kappa shape index (κ1) is 27.3. The van der Waals surface area contributed by atoms with Crippen LogP contribution >= 0.6 is 12.4 Å². The van der Waals surface area contributed by atoms with Crippen molar-refractivity contribution in [3.63, 3.8) is 0 Å². The van der Waals surface area contributed by atoms with Crippen molar-refractivity contribution < 1.29 is 31.1 Å². The van der Waals surface area contributed by atoms with Gasteiger partial charge in [-0.15, -0.1) is 17.5 Å². The Balaban J connectivity index is 0.00000320. The highest BCUT2D eigenvalue weighted by Crippen LogP contribution is 2.50. The molecule has 2 saturated heterocycles. The Morgan fingerprint density at radius 1 is 1.00 bits per heavy atom. The Bertz CT molecular complexity index is 1170. The minimum absolute atomic E-state index is 0. The monoisotopic (exact) mass is 547 g/mol. The summed E-state index contributed by atoms with van der Waals surface area (Å²) >= 11 is 0. The normalized spacial score (nSPS) is 26.5. The zero-order valence-corrected chi connectivity index (χ0v) is 20.3. The molecule has 5 rings (SSSR count). The number of piperidine rings is 1. The molecule has 6 nitrogen and oxygen atoms in total. The van der Waals surface area contributed by atoms with Crippen LogP contribution in [0, 0.1) is 0 Å². The largest absolute Gasteiger partial charge is 0.416 e. The van der Waals surface area contributed by atoms with E-state index < -0.39 is 41.2 Å². The van der Waals surface area contributed by atoms with Gasteiger partial charge in [0, 0.05) is 6.04 Å². The van der Waals surface area contributed by atoms with Gasteiger partial charge in [-0.05, 0) is 65.9 Å². The SMILES string of the molecule is CC(OC1CCC2NC1(c1ccccc1)CC2n1cnnn1)c1cc(C(F)(F)F)cc(C(F)(F)F)c1.Cl. The summed E-state index contributed by atoms with van der Waals surface area (Å²) in [5.74, 6) is 0. The van der Waals surface area contributed by atoms with Gasteiger partial charge >= 0.3 is 12.4 Å². The minimum Gasteiger partial charge on any atom is -0.368 e. The van der Waals surface area contributed by atoms with E-state index in [1.165, 1.54) is 13.3 Å². The maximum atomic E-state index is 13.4. The van der Waals surface area contributed by atoms with E-state index in [2.05, 4.69) is 20.8 Å². The molecule has 37 heavy (non-hydrogen) atoms. The van der Waals surface area contributed by atoms with Crippen LogP contribution in [0.4, 0.5) is 26.3 Å². The summed E-state index contributed by atoms with van der Waals surface area (Å²) in [6, 6.07) is 11.0. The molecule has 3 aromatic rings. The topological polar surface area (TPSA) is 64.9 Å². The Labute approximate surface area is 214 Å². The Kier molecular flexibility index (Phi) is 7.30. The number of tetrazole rings is 1. The van der Waals surface area contributed by atoms with Crippen molar-refractivity contribution >= 4 is 12.4 Å². The maximum absolute atomic E-state index is 13.4. The van der Waals surface area contributed by atoms with Crippen LogP contribution in [0.5, 0.6) is 0 Å². The lowest BCUT2D eigenvalue weighted by atomic mass is 9.80. The second-order valence-corrected chi connectivity index (χ2v) is 9.33. The summed E-state index contributed by atoms with van der Waals surface area (Å²) in [4.78, 5) is 0. The van der Waals surface area contributed by atoms with E-state index in [1.807, 2.05) is 30.3 Å². The molecule has 2 fully saturated rings. The lowest BCUT2D eigenvalue weighted by Gasteiger charge is -2.43. The zero-order valence-electron chi connectivity index (χ0n) is 19.5. The number of aromatic nitrogens is 4. The summed E-state index contributed by atoms with van der Waals surface area (Å²) in [7, 11) is 0. The third-order valence-electron chi connectivity index (χ3n) is 7.17. The molecule has 0 radical (unpaired) electrons. The van der Waals surface area contributed by atoms with E-state index in [-0.39, 0.29) is 36.1 Å². The lowest BCUT2D eigenvalue weighted by Crippen LogP contribution is -2.54. The molecule has 200 valence electrons. The predicted molar refractivity (Wildman–Crippen MR) is 123 cm³/mol. The molecule has 0 spiro atoms. The fraction of sp³-hybridized carbons (Fsp3) is 0.458. The smallest absolute Gasteiger partial charge is 0.368 e. The highest BCUT2D eigenvalue weighted by Gasteiger charge is 2.55. The summed E-state index contributed by atoms with van der Waals surface area (Å²) in [5, 5.41) is 15.1. The number of nitrogens with one attached hydrogen (secondary N) is 1. The zero-order chi connectivity index (χ0) is 25.7. The third kappa shape index (κ3) is 5.19. The molecule has 2 aromatic carbocycles. The molecular weight excluding hydrogens is 524 g/mol. The van der Waals surface area contributed by atoms with Gasteiger partial charge in [0.05, 0.1) is 34.9 Å². The van der Waals surface area contributed by atoms with Crippen molar-refractivity contribution in [2.75, 3.05) is 0 Å². The van der Waals surface area contributed by atoms with Crippen LogP contribution in [0.25, 0.3) is 0 Å². The Morgan fingerprint density at radius 2 is 1.65 bits per heavy atom. The lowest BCUT2D eigenvalue weighted by molar-refractivity contribution is -0.143. The van der Waals surface area contributed by atoms with E-state index in [9.17, 15) is 26.3 Å². The number of hydrogen-bond acceptors (Lipinski definition) is 5. The van der Waals surface area contributed by atoms with Gasteiger partial charge in [0.15, 0.2) is 0 Å². The van der Waals surface area contributed by atoms with Crippen molar-refractivity contribution in [1.82, 2.24) is 25.5 Å². The average molecular weight is 548 g/mol. The van der Waals surface area contributed by atoms with Crippen molar-refractivity contribution in [3.05, 3.63) is 77.1 Å². The van der Waals surface area contributed by atoms with Crippen molar-refractivity contribution in [3.8, 4) is 0 Å². The maximum Gasteiger partial charge on any atom is 0.416 e. The van der Waals surface area contributed by atoms with Crippen LogP contribution in [-0.2, 0) is 22.6 Å². The van der Waals surface area contributed by atoms with Crippen LogP contribution < -0.4 is 5.32 Å². The van der Waals surface area contributed by atoms with Gasteiger partial charge < -0.3 is 10.1 Å². The van der Waals surface area contributed by atoms with E-state index in [1.54, 1.807) is 4.68 Å². The van der Waals surface area contributed by atoms with E-state index in [0.717, 1.165) is 17.7 Å². The third-order valence-corrected chi connectivity index (χ3v) is 7.17. The van der Waals surface area contributed by atoms with Gasteiger partial charge in [0.2, 0.25) is 0 Å². The minimum atomic E-state index is -4.93. The molecule has 5 unspecified atom stereocenters. The Hall–Kier alpha value is -2.70. The van der Waals surface area contributed by atoms with Crippen LogP contribution in [0.1, 0.15) is 60.6 Å². The number of benzene rings is 2. The van der Waals surface area contributed by atoms with Gasteiger partial charge in [-0.1, -0.05) is 30.3 Å². The highest BCUT2D eigenvalue weighted by atomic mass is 35.5. The fourth-order valence-corrected chi connectivity index (χ4v) is 5.47. The number of hydrogen-bond donors (Lipinski definition) is 1. The predicted octanol–water partition coefficient (Wildman–Crippen LogP) is 5.87. The van der Waals surface area contributed by atoms with Gasteiger partial charge in [-0.25, -0.2) is 4.68 Å². The summed E-state index contributed by atoms with van der Waals surface area (Å²) in [6.07, 6.45) is -8.09. The molecule has 0 aliphatic carbocycles. The van der Waals surface area contributed by atoms with Crippen molar-refractivity contribution in [2.45, 2.75) is 68.4 Å². The first-order valence-electron chi connectivity index (χ1n) is 11.5. The standard InChI is InChI=1S/C24H23F6N5O.ClH/c1-14(15-9-17(23(25,26)27)11-18(10-15)24(28,29)30)36-21-8-7-19-20(35-13-31-33-34-35)12-22(21,32-19)16-5-3-2-4-6-16;/h2-6,9-11,13-14,19-21,32H,7-8,12H2,1H3;1H. The van der Waals surface area contributed by atoms with E-state index in [4.69, 9.17) is 4.74 Å². The molecule has 5 atom stereocenters. The van der Waals surface area contributed by atoms with Crippen molar-refractivity contribution in [2.24, 2.45) is 0 Å². The fourth-order valence-electron chi connectivity index (χ4n) is 5.47. The van der Waals surface area contributed by atoms with Crippen molar-refractivity contribution in [1.29, 1.82) is 0 Å². The summed E-state index contributed by atoms with van der Waals surface area (Å²) < 4.78 is 88.4. The molecule has 2 bridgehead atoms. The van der Waals surface area contributed by atoms with Crippen LogP contribution in [0.15, 0.2) is 54.9 Å². The molecule has 1 aromatic heterocycles. The van der Waals surface area contributed by atoms with Gasteiger partial charge in [-0.3, -0.25) is 0 Å². The van der Waals surface area contributed by atoms with Gasteiger partial charge in [0.1, 0.15) is 6.33 Å². The average Bonchev–Trinajstić information content (AvgIpc) is 3.47. The van der Waals surface area contributed by atoms with Crippen LogP contribution in [0.3, 0.4) is 0 Å². The number of fused-ring (bicyclic) bond motifs is 2. The molecule has 0 amide bonds. The van der Waals surface area contributed by atoms with Gasteiger partial charge in [-0.2, -0.15) is 26.3 Å². The first-order valence-corrected chi connectivity index (χ1v) is 11.5. The molecular formula is C24H24ClF6N5O. The molecule has 1 N–H and O–H groups in total. The number of nitrogens with zero attached hydrogens (tertiary/aromatic N) is 4. The van der Waals surface area contributed by atoms with Crippen LogP contribution in [-0.4, -0.2) is 32.4 Å². The summed E-state index contributed by atoms with van der Waals surface area (Å²) in [5.41, 5.74) is -2.70. The molecule has 3 heterocycles. The molecule has 13 heteroatoms. The second-order valence-electron chi connectivity index (χ2n) is 9.33. The van der Waals surface area contributed by atoms with E-state index >= 15 is 0 Å². The second kappa shape index (κ2) is 9.88. The highest BCUT2D eigenvalue weighted by molar-refractivity contribution is 5.85. The number of halogens is 7. The van der Waals surface area contributed by atoms with Gasteiger partial charge in [0.25, 0.3) is 0 Å².